The molecule has 0 saturated heterocycles. The molecule has 0 fully saturated rings. The number of hydrogen-bond donors (Lipinski definition) is 0. The van der Waals surface area contributed by atoms with E-state index in [0.717, 1.165) is 14.4 Å². The largest absolute Gasteiger partial charge is 0.175 e. The summed E-state index contributed by atoms with van der Waals surface area (Å²) >= 11 is 9.35. The predicted molar refractivity (Wildman–Crippen MR) is 90.2 cm³/mol. The maximum atomic E-state index is 6.00. The summed E-state index contributed by atoms with van der Waals surface area (Å²) in [6.45, 7) is 1.97. The van der Waals surface area contributed by atoms with Crippen LogP contribution < -0.4 is 0 Å². The van der Waals surface area contributed by atoms with Crippen LogP contribution in [0.3, 0.4) is 0 Å². The van der Waals surface area contributed by atoms with Gasteiger partial charge in [-0.3, -0.25) is 0 Å². The molecule has 2 nitrogen and oxygen atoms in total. The lowest BCUT2D eigenvalue weighted by Gasteiger charge is -2.16. The lowest BCUT2D eigenvalue weighted by molar-refractivity contribution is 0.979. The summed E-state index contributed by atoms with van der Waals surface area (Å²) < 4.78 is 0.983. The quantitative estimate of drug-likeness (QED) is 0.600. The number of thioether (sulfide) groups is 1. The summed E-state index contributed by atoms with van der Waals surface area (Å²) in [5, 5.41) is 10.3. The Morgan fingerprint density at radius 3 is 2.24 bits per heavy atom. The van der Waals surface area contributed by atoms with Crippen molar-refractivity contribution in [1.82, 2.24) is 10.2 Å². The van der Waals surface area contributed by atoms with E-state index in [-0.39, 0.29) is 5.25 Å². The van der Waals surface area contributed by atoms with Crippen molar-refractivity contribution in [1.29, 1.82) is 0 Å². The second kappa shape index (κ2) is 6.60. The maximum Gasteiger partial charge on any atom is 0.175 e. The van der Waals surface area contributed by atoms with Crippen molar-refractivity contribution < 1.29 is 0 Å². The van der Waals surface area contributed by atoms with Gasteiger partial charge in [-0.2, -0.15) is 0 Å². The van der Waals surface area contributed by atoms with Crippen LogP contribution in [0.4, 0.5) is 0 Å². The number of rotatable bonds is 4. The maximum absolute atomic E-state index is 6.00. The van der Waals surface area contributed by atoms with Gasteiger partial charge in [-0.1, -0.05) is 77.2 Å². The third kappa shape index (κ3) is 3.64. The summed E-state index contributed by atoms with van der Waals surface area (Å²) in [5.74, 6) is 0. The van der Waals surface area contributed by atoms with Gasteiger partial charge in [0.25, 0.3) is 0 Å². The van der Waals surface area contributed by atoms with Crippen molar-refractivity contribution in [2.75, 3.05) is 0 Å². The number of aryl methyl sites for hydroxylation is 1. The van der Waals surface area contributed by atoms with Gasteiger partial charge in [-0.25, -0.2) is 0 Å². The Labute approximate surface area is 137 Å². The first-order valence-corrected chi connectivity index (χ1v) is 8.57. The van der Waals surface area contributed by atoms with Gasteiger partial charge in [0.05, 0.1) is 5.25 Å². The van der Waals surface area contributed by atoms with Crippen LogP contribution in [0.2, 0.25) is 5.02 Å². The van der Waals surface area contributed by atoms with Crippen molar-refractivity contribution in [3.63, 3.8) is 0 Å². The Bertz CT molecular complexity index is 711. The lowest BCUT2D eigenvalue weighted by atomic mass is 10.0. The van der Waals surface area contributed by atoms with Crippen LogP contribution in [0.25, 0.3) is 0 Å². The molecule has 1 atom stereocenters. The van der Waals surface area contributed by atoms with Gasteiger partial charge in [-0.05, 0) is 30.2 Å². The molecule has 1 unspecified atom stereocenters. The van der Waals surface area contributed by atoms with Gasteiger partial charge >= 0.3 is 0 Å². The molecule has 3 aromatic rings. The molecule has 0 radical (unpaired) electrons. The molecule has 3 rings (SSSR count). The SMILES string of the molecule is Cc1nnc(SC(c2ccccc2)c2ccc(Cl)cc2)s1. The highest BCUT2D eigenvalue weighted by atomic mass is 35.5. The van der Waals surface area contributed by atoms with Crippen LogP contribution in [0.15, 0.2) is 58.9 Å². The summed E-state index contributed by atoms with van der Waals surface area (Å²) in [7, 11) is 0. The third-order valence-electron chi connectivity index (χ3n) is 3.00. The molecule has 0 N–H and O–H groups in total. The zero-order valence-electron chi connectivity index (χ0n) is 11.4. The number of halogens is 1. The first-order valence-electron chi connectivity index (χ1n) is 6.49. The normalized spacial score (nSPS) is 12.3. The van der Waals surface area contributed by atoms with E-state index in [4.69, 9.17) is 11.6 Å². The van der Waals surface area contributed by atoms with Gasteiger partial charge < -0.3 is 0 Å². The van der Waals surface area contributed by atoms with Crippen LogP contribution in [0, 0.1) is 6.92 Å². The molecule has 5 heteroatoms. The standard InChI is InChI=1S/C16H13ClN2S2/c1-11-18-19-16(20-11)21-15(12-5-3-2-4-6-12)13-7-9-14(17)10-8-13/h2-10,15H,1H3. The van der Waals surface area contributed by atoms with E-state index in [1.165, 1.54) is 11.1 Å². The first kappa shape index (κ1) is 14.6. The molecule has 2 aromatic carbocycles. The van der Waals surface area contributed by atoms with Crippen molar-refractivity contribution in [2.45, 2.75) is 16.5 Å². The minimum atomic E-state index is 0.191. The van der Waals surface area contributed by atoms with E-state index in [1.54, 1.807) is 23.1 Å². The Hall–Kier alpha value is -1.36. The Morgan fingerprint density at radius 2 is 1.62 bits per heavy atom. The van der Waals surface area contributed by atoms with E-state index >= 15 is 0 Å². The van der Waals surface area contributed by atoms with Crippen molar-refractivity contribution in [3.8, 4) is 0 Å². The summed E-state index contributed by atoms with van der Waals surface area (Å²) in [6.07, 6.45) is 0. The molecule has 1 heterocycles. The molecule has 106 valence electrons. The highest BCUT2D eigenvalue weighted by Crippen LogP contribution is 2.41. The average Bonchev–Trinajstić information content (AvgIpc) is 2.92. The average molecular weight is 333 g/mol. The molecule has 0 spiro atoms. The zero-order valence-corrected chi connectivity index (χ0v) is 13.8. The predicted octanol–water partition coefficient (Wildman–Crippen LogP) is 5.38. The van der Waals surface area contributed by atoms with Crippen LogP contribution in [-0.4, -0.2) is 10.2 Å². The Morgan fingerprint density at radius 1 is 0.952 bits per heavy atom. The molecular formula is C16H13ClN2S2. The molecule has 0 aliphatic carbocycles. The molecular weight excluding hydrogens is 320 g/mol. The second-order valence-corrected chi connectivity index (χ2v) is 7.52. The fraction of sp³-hybridized carbons (Fsp3) is 0.125. The Kier molecular flexibility index (Phi) is 4.58. The fourth-order valence-electron chi connectivity index (χ4n) is 2.02. The molecule has 0 aliphatic rings. The van der Waals surface area contributed by atoms with Gasteiger partial charge in [0.2, 0.25) is 0 Å². The van der Waals surface area contributed by atoms with Gasteiger partial charge in [-0.15, -0.1) is 10.2 Å². The third-order valence-corrected chi connectivity index (χ3v) is 5.49. The first-order chi connectivity index (χ1) is 10.2. The van der Waals surface area contributed by atoms with E-state index in [9.17, 15) is 0 Å². The molecule has 0 bridgehead atoms. The highest BCUT2D eigenvalue weighted by molar-refractivity contribution is 8.01. The number of hydrogen-bond acceptors (Lipinski definition) is 4. The van der Waals surface area contributed by atoms with E-state index in [2.05, 4.69) is 46.6 Å². The topological polar surface area (TPSA) is 25.8 Å². The number of nitrogens with zero attached hydrogens (tertiary/aromatic N) is 2. The molecule has 0 aliphatic heterocycles. The van der Waals surface area contributed by atoms with Crippen LogP contribution in [0.1, 0.15) is 21.4 Å². The molecule has 1 aromatic heterocycles. The van der Waals surface area contributed by atoms with E-state index in [1.807, 2.05) is 25.1 Å². The van der Waals surface area contributed by atoms with Crippen molar-refractivity contribution in [3.05, 3.63) is 75.8 Å². The smallest absolute Gasteiger partial charge is 0.143 e. The van der Waals surface area contributed by atoms with Crippen LogP contribution in [-0.2, 0) is 0 Å². The Balaban J connectivity index is 1.96. The van der Waals surface area contributed by atoms with E-state index < -0.39 is 0 Å². The monoisotopic (exact) mass is 332 g/mol. The summed E-state index contributed by atoms with van der Waals surface area (Å²) in [4.78, 5) is 0. The minimum absolute atomic E-state index is 0.191. The second-order valence-electron chi connectivity index (χ2n) is 4.55. The van der Waals surface area contributed by atoms with Gasteiger partial charge in [0.15, 0.2) is 4.34 Å². The lowest BCUT2D eigenvalue weighted by Crippen LogP contribution is -1.96. The van der Waals surface area contributed by atoms with Crippen LogP contribution in [0.5, 0.6) is 0 Å². The van der Waals surface area contributed by atoms with Gasteiger partial charge in [0, 0.05) is 5.02 Å². The molecule has 21 heavy (non-hydrogen) atoms. The van der Waals surface area contributed by atoms with Crippen molar-refractivity contribution in [2.24, 2.45) is 0 Å². The van der Waals surface area contributed by atoms with Crippen LogP contribution >= 0.6 is 34.7 Å². The van der Waals surface area contributed by atoms with E-state index in [0.29, 0.717) is 0 Å². The zero-order chi connectivity index (χ0) is 14.7. The molecule has 0 amide bonds. The molecule has 0 saturated carbocycles. The highest BCUT2D eigenvalue weighted by Gasteiger charge is 2.17. The number of aromatic nitrogens is 2. The van der Waals surface area contributed by atoms with Gasteiger partial charge in [0.1, 0.15) is 5.01 Å². The summed E-state index contributed by atoms with van der Waals surface area (Å²) in [6, 6.07) is 18.4. The fourth-order valence-corrected chi connectivity index (χ4v) is 4.28. The van der Waals surface area contributed by atoms with Crippen molar-refractivity contribution >= 4 is 34.7 Å². The summed E-state index contributed by atoms with van der Waals surface area (Å²) in [5.41, 5.74) is 2.46. The number of benzene rings is 2. The minimum Gasteiger partial charge on any atom is -0.143 e.